The van der Waals surface area contributed by atoms with Gasteiger partial charge in [0.1, 0.15) is 0 Å². The fourth-order valence-electron chi connectivity index (χ4n) is 11.5. The van der Waals surface area contributed by atoms with E-state index in [-0.39, 0.29) is 10.8 Å². The minimum Gasteiger partial charge on any atom is -0.208 e. The van der Waals surface area contributed by atoms with Crippen LogP contribution in [-0.4, -0.2) is 15.0 Å². The molecule has 0 unspecified atom stereocenters. The molecule has 1 spiro atoms. The maximum Gasteiger partial charge on any atom is 0.165 e. The highest BCUT2D eigenvalue weighted by Crippen LogP contribution is 2.60. The van der Waals surface area contributed by atoms with Gasteiger partial charge in [0.05, 0.1) is 0 Å². The molecule has 8 aromatic carbocycles. The van der Waals surface area contributed by atoms with Gasteiger partial charge in [-0.3, -0.25) is 0 Å². The molecule has 0 atom stereocenters. The van der Waals surface area contributed by atoms with Crippen LogP contribution in [0.1, 0.15) is 68.2 Å². The standard InChI is InChI=1S/C60H45N3S/c1-59(2)51-34-42(27-29-44(51)47-36-53-48(35-52(47)59)43-19-10-11-22-50(43)60(53)31-12-5-13-32-60)41-28-30-54-49(33-41)45-20-14-21-46(55(45)64-54)58-62-56(39-17-8-4-9-18-39)61-57(63-58)40-25-23-38(24-26-40)37-15-6-3-7-16-37/h3-4,6-11,14-30,33-36H,5,12-13,31-32H2,1-2H3. The SMILES string of the molecule is CC1(C)c2cc(-c3ccc4sc5c(-c6nc(-c7ccccc7)nc(-c7ccc(-c8ccccc8)cc7)n6)cccc5c4c3)ccc2-c2cc3c(cc21)-c1ccccc1C31CCCCC1. The van der Waals surface area contributed by atoms with E-state index in [1.165, 1.54) is 102 Å². The maximum atomic E-state index is 5.19. The molecule has 10 aromatic rings. The van der Waals surface area contributed by atoms with Gasteiger partial charge >= 0.3 is 0 Å². The van der Waals surface area contributed by atoms with E-state index in [1.807, 2.05) is 35.6 Å². The molecular formula is C60H45N3S. The van der Waals surface area contributed by atoms with Gasteiger partial charge in [-0.1, -0.05) is 173 Å². The smallest absolute Gasteiger partial charge is 0.165 e. The lowest BCUT2D eigenvalue weighted by molar-refractivity contribution is 0.353. The second kappa shape index (κ2) is 14.3. The number of hydrogen-bond acceptors (Lipinski definition) is 4. The molecule has 4 heteroatoms. The third-order valence-electron chi connectivity index (χ3n) is 14.8. The average molecular weight is 840 g/mol. The van der Waals surface area contributed by atoms with E-state index >= 15 is 0 Å². The summed E-state index contributed by atoms with van der Waals surface area (Å²) in [5.41, 5.74) is 19.5. The van der Waals surface area contributed by atoms with Crippen molar-refractivity contribution in [2.45, 2.75) is 56.8 Å². The number of rotatable bonds is 5. The van der Waals surface area contributed by atoms with Crippen LogP contribution in [0.15, 0.2) is 176 Å². The van der Waals surface area contributed by atoms with Crippen molar-refractivity contribution in [1.82, 2.24) is 15.0 Å². The Morgan fingerprint density at radius 2 is 0.922 bits per heavy atom. The molecule has 0 radical (unpaired) electrons. The Balaban J connectivity index is 0.891. The third kappa shape index (κ3) is 5.68. The molecule has 0 N–H and O–H groups in total. The van der Waals surface area contributed by atoms with Crippen LogP contribution in [0.2, 0.25) is 0 Å². The molecule has 3 aliphatic rings. The fraction of sp³-hybridized carbons (Fsp3) is 0.150. The van der Waals surface area contributed by atoms with Crippen molar-refractivity contribution in [3.63, 3.8) is 0 Å². The number of benzene rings is 8. The average Bonchev–Trinajstić information content (AvgIpc) is 3.94. The summed E-state index contributed by atoms with van der Waals surface area (Å²) < 4.78 is 2.43. The predicted octanol–water partition coefficient (Wildman–Crippen LogP) is 16.1. The molecule has 0 saturated heterocycles. The van der Waals surface area contributed by atoms with Gasteiger partial charge in [-0.25, -0.2) is 15.0 Å². The Labute approximate surface area is 378 Å². The summed E-state index contributed by atoms with van der Waals surface area (Å²) in [7, 11) is 0. The highest BCUT2D eigenvalue weighted by Gasteiger charge is 2.46. The summed E-state index contributed by atoms with van der Waals surface area (Å²) in [6.07, 6.45) is 6.46. The zero-order valence-electron chi connectivity index (χ0n) is 36.0. The number of hydrogen-bond donors (Lipinski definition) is 0. The van der Waals surface area contributed by atoms with Crippen molar-refractivity contribution >= 4 is 31.5 Å². The van der Waals surface area contributed by atoms with Crippen molar-refractivity contribution in [3.8, 4) is 78.7 Å². The zero-order valence-corrected chi connectivity index (χ0v) is 36.8. The van der Waals surface area contributed by atoms with Crippen LogP contribution >= 0.6 is 11.3 Å². The number of fused-ring (bicyclic) bond motifs is 11. The molecule has 0 bridgehead atoms. The van der Waals surface area contributed by atoms with E-state index in [0.717, 1.165) is 22.3 Å². The summed E-state index contributed by atoms with van der Waals surface area (Å²) >= 11 is 1.82. The van der Waals surface area contributed by atoms with Crippen LogP contribution in [0.25, 0.3) is 98.8 Å². The van der Waals surface area contributed by atoms with E-state index in [4.69, 9.17) is 15.0 Å². The van der Waals surface area contributed by atoms with Gasteiger partial charge in [0.25, 0.3) is 0 Å². The Morgan fingerprint density at radius 1 is 0.375 bits per heavy atom. The summed E-state index contributed by atoms with van der Waals surface area (Å²) in [6, 6.07) is 64.5. The van der Waals surface area contributed by atoms with Gasteiger partial charge in [0.15, 0.2) is 17.5 Å². The molecule has 3 nitrogen and oxygen atoms in total. The Hall–Kier alpha value is -7.01. The van der Waals surface area contributed by atoms with Crippen LogP contribution in [0.5, 0.6) is 0 Å². The molecule has 0 amide bonds. The second-order valence-electron chi connectivity index (χ2n) is 18.6. The predicted molar refractivity (Wildman–Crippen MR) is 267 cm³/mol. The van der Waals surface area contributed by atoms with E-state index in [1.54, 1.807) is 11.1 Å². The number of nitrogens with zero attached hydrogens (tertiary/aromatic N) is 3. The number of thiophene rings is 1. The van der Waals surface area contributed by atoms with Crippen molar-refractivity contribution in [2.75, 3.05) is 0 Å². The van der Waals surface area contributed by atoms with Gasteiger partial charge in [0.2, 0.25) is 0 Å². The van der Waals surface area contributed by atoms with Gasteiger partial charge in [-0.05, 0) is 116 Å². The first-order valence-electron chi connectivity index (χ1n) is 22.8. The largest absolute Gasteiger partial charge is 0.208 e. The van der Waals surface area contributed by atoms with Crippen LogP contribution in [0.4, 0.5) is 0 Å². The van der Waals surface area contributed by atoms with Crippen LogP contribution in [0.3, 0.4) is 0 Å². The first kappa shape index (κ1) is 37.5. The first-order valence-corrected chi connectivity index (χ1v) is 23.6. The molecule has 13 rings (SSSR count). The minimum atomic E-state index is -0.118. The summed E-state index contributed by atoms with van der Waals surface area (Å²) in [6.45, 7) is 4.86. The monoisotopic (exact) mass is 839 g/mol. The van der Waals surface area contributed by atoms with Crippen molar-refractivity contribution in [1.29, 1.82) is 0 Å². The Morgan fingerprint density at radius 3 is 1.70 bits per heavy atom. The third-order valence-corrected chi connectivity index (χ3v) is 16.0. The topological polar surface area (TPSA) is 38.7 Å². The lowest BCUT2D eigenvalue weighted by atomic mass is 9.67. The second-order valence-corrected chi connectivity index (χ2v) is 19.7. The first-order chi connectivity index (χ1) is 31.4. The zero-order chi connectivity index (χ0) is 42.6. The molecule has 1 saturated carbocycles. The van der Waals surface area contributed by atoms with Crippen molar-refractivity contribution in [3.05, 3.63) is 198 Å². The highest BCUT2D eigenvalue weighted by atomic mass is 32.1. The molecule has 2 aromatic heterocycles. The minimum absolute atomic E-state index is 0.118. The van der Waals surface area contributed by atoms with E-state index < -0.39 is 0 Å². The Bertz CT molecular complexity index is 3490. The van der Waals surface area contributed by atoms with Gasteiger partial charge < -0.3 is 0 Å². The van der Waals surface area contributed by atoms with Gasteiger partial charge in [-0.2, -0.15) is 0 Å². The summed E-state index contributed by atoms with van der Waals surface area (Å²) in [5, 5.41) is 2.47. The molecule has 1 fully saturated rings. The highest BCUT2D eigenvalue weighted by molar-refractivity contribution is 7.26. The molecule has 306 valence electrons. The molecule has 3 aliphatic carbocycles. The molecule has 0 aliphatic heterocycles. The molecule has 2 heterocycles. The Kier molecular flexibility index (Phi) is 8.36. The molecular weight excluding hydrogens is 795 g/mol. The lowest BCUT2D eigenvalue weighted by Gasteiger charge is -2.36. The van der Waals surface area contributed by atoms with Crippen LogP contribution in [-0.2, 0) is 10.8 Å². The van der Waals surface area contributed by atoms with Crippen molar-refractivity contribution in [2.24, 2.45) is 0 Å². The maximum absolute atomic E-state index is 5.19. The van der Waals surface area contributed by atoms with Gasteiger partial charge in [0, 0.05) is 47.7 Å². The summed E-state index contributed by atoms with van der Waals surface area (Å²) in [4.78, 5) is 15.4. The quantitative estimate of drug-likeness (QED) is 0.173. The molecule has 64 heavy (non-hydrogen) atoms. The van der Waals surface area contributed by atoms with E-state index in [2.05, 4.69) is 166 Å². The van der Waals surface area contributed by atoms with Crippen LogP contribution < -0.4 is 0 Å². The van der Waals surface area contributed by atoms with E-state index in [9.17, 15) is 0 Å². The normalized spacial score (nSPS) is 15.3. The fourth-order valence-corrected chi connectivity index (χ4v) is 12.7. The van der Waals surface area contributed by atoms with Crippen molar-refractivity contribution < 1.29 is 0 Å². The summed E-state index contributed by atoms with van der Waals surface area (Å²) in [5.74, 6) is 2.00. The van der Waals surface area contributed by atoms with Gasteiger partial charge in [-0.15, -0.1) is 11.3 Å². The van der Waals surface area contributed by atoms with Crippen LogP contribution in [0, 0.1) is 0 Å². The number of aromatic nitrogens is 3. The lowest BCUT2D eigenvalue weighted by Crippen LogP contribution is -2.28. The van der Waals surface area contributed by atoms with E-state index in [0.29, 0.717) is 17.5 Å².